The van der Waals surface area contributed by atoms with Gasteiger partial charge < -0.3 is 4.57 Å². The maximum absolute atomic E-state index is 14.2. The fourth-order valence-electron chi connectivity index (χ4n) is 4.17. The first-order chi connectivity index (χ1) is 13.6. The third-order valence-corrected chi connectivity index (χ3v) is 5.81. The highest BCUT2D eigenvalue weighted by Crippen LogP contribution is 2.32. The number of benzene rings is 1. The van der Waals surface area contributed by atoms with Gasteiger partial charge in [0.2, 0.25) is 4.77 Å². The molecule has 4 rings (SSSR count). The molecule has 146 valence electrons. The van der Waals surface area contributed by atoms with E-state index in [0.29, 0.717) is 22.2 Å². The minimum Gasteiger partial charge on any atom is -0.345 e. The first-order valence-electron chi connectivity index (χ1n) is 9.71. The molecule has 5 nitrogen and oxygen atoms in total. The molecule has 0 spiro atoms. The molecular formula is C21H24FN5S. The molecule has 0 bridgehead atoms. The first-order valence-corrected chi connectivity index (χ1v) is 10.1. The first kappa shape index (κ1) is 18.8. The van der Waals surface area contributed by atoms with Crippen LogP contribution in [0.25, 0.3) is 11.4 Å². The lowest BCUT2D eigenvalue weighted by Crippen LogP contribution is -2.15. The summed E-state index contributed by atoms with van der Waals surface area (Å²) in [5.41, 5.74) is 3.86. The van der Waals surface area contributed by atoms with Crippen LogP contribution in [0.1, 0.15) is 55.1 Å². The van der Waals surface area contributed by atoms with Crippen molar-refractivity contribution in [2.75, 3.05) is 0 Å². The number of hydrogen-bond acceptors (Lipinski definition) is 3. The summed E-state index contributed by atoms with van der Waals surface area (Å²) in [5, 5.41) is 11.4. The molecule has 2 aromatic heterocycles. The molecule has 1 saturated carbocycles. The second-order valence-electron chi connectivity index (χ2n) is 7.38. The highest BCUT2D eigenvalue weighted by atomic mass is 32.1. The summed E-state index contributed by atoms with van der Waals surface area (Å²) in [7, 11) is 0. The number of aromatic nitrogens is 4. The fraction of sp³-hybridized carbons (Fsp3) is 0.381. The summed E-state index contributed by atoms with van der Waals surface area (Å²) in [4.78, 5) is 0. The summed E-state index contributed by atoms with van der Waals surface area (Å²) in [6.45, 7) is 4.28. The van der Waals surface area contributed by atoms with Gasteiger partial charge in [0.15, 0.2) is 5.82 Å². The van der Waals surface area contributed by atoms with Gasteiger partial charge in [0, 0.05) is 23.0 Å². The number of aromatic amines is 1. The Hall–Kier alpha value is -2.54. The molecule has 1 aromatic carbocycles. The van der Waals surface area contributed by atoms with Crippen molar-refractivity contribution in [1.82, 2.24) is 19.4 Å². The van der Waals surface area contributed by atoms with E-state index in [1.54, 1.807) is 24.4 Å². The summed E-state index contributed by atoms with van der Waals surface area (Å²) in [5.74, 6) is 0.00358. The van der Waals surface area contributed by atoms with Crippen LogP contribution in [0.2, 0.25) is 0 Å². The number of nitrogens with zero attached hydrogens (tertiary/aromatic N) is 4. The maximum Gasteiger partial charge on any atom is 0.216 e. The smallest absolute Gasteiger partial charge is 0.216 e. The molecule has 28 heavy (non-hydrogen) atoms. The Kier molecular flexibility index (Phi) is 5.26. The van der Waals surface area contributed by atoms with Crippen molar-refractivity contribution in [1.29, 1.82) is 0 Å². The molecule has 0 radical (unpaired) electrons. The minimum absolute atomic E-state index is 0.329. The molecule has 0 atom stereocenters. The number of halogens is 1. The highest BCUT2D eigenvalue weighted by molar-refractivity contribution is 7.71. The quantitative estimate of drug-likeness (QED) is 0.463. The topological polar surface area (TPSA) is 50.9 Å². The molecule has 1 aliphatic rings. The van der Waals surface area contributed by atoms with Crippen molar-refractivity contribution in [2.45, 2.75) is 52.0 Å². The Bertz CT molecular complexity index is 1070. The molecule has 0 saturated heterocycles. The number of aryl methyl sites for hydroxylation is 1. The molecule has 1 aliphatic carbocycles. The second-order valence-corrected chi connectivity index (χ2v) is 7.76. The van der Waals surface area contributed by atoms with Crippen LogP contribution >= 0.6 is 12.2 Å². The van der Waals surface area contributed by atoms with Gasteiger partial charge in [-0.2, -0.15) is 14.9 Å². The molecule has 3 aromatic rings. The average molecular weight is 398 g/mol. The van der Waals surface area contributed by atoms with Crippen LogP contribution in [0.3, 0.4) is 0 Å². The Balaban J connectivity index is 1.69. The lowest BCUT2D eigenvalue weighted by atomic mass is 9.95. The van der Waals surface area contributed by atoms with E-state index in [-0.39, 0.29) is 5.82 Å². The Morgan fingerprint density at radius 3 is 2.71 bits per heavy atom. The van der Waals surface area contributed by atoms with Gasteiger partial charge in [0.25, 0.3) is 0 Å². The molecule has 0 amide bonds. The lowest BCUT2D eigenvalue weighted by molar-refractivity contribution is 0.346. The standard InChI is InChI=1S/C21H24FN5S/c1-14-12-16(15(2)26(14)17-8-4-3-5-9-17)13-23-27-20(24-25-21(27)28)18-10-6-7-11-19(18)22/h6-7,10-13,17H,3-5,8-9H2,1-2H3,(H,25,28)/b23-13-. The Labute approximate surface area is 168 Å². The van der Waals surface area contributed by atoms with Gasteiger partial charge in [-0.05, 0) is 57.1 Å². The molecular weight excluding hydrogens is 373 g/mol. The molecule has 1 fully saturated rings. The summed E-state index contributed by atoms with van der Waals surface area (Å²) in [6.07, 6.45) is 8.18. The summed E-state index contributed by atoms with van der Waals surface area (Å²) >= 11 is 5.30. The monoisotopic (exact) mass is 397 g/mol. The summed E-state index contributed by atoms with van der Waals surface area (Å²) in [6, 6.07) is 9.21. The predicted octanol–water partition coefficient (Wildman–Crippen LogP) is 5.55. The van der Waals surface area contributed by atoms with E-state index < -0.39 is 0 Å². The van der Waals surface area contributed by atoms with Crippen molar-refractivity contribution >= 4 is 18.4 Å². The number of rotatable bonds is 4. The second kappa shape index (κ2) is 7.83. The average Bonchev–Trinajstić information content (AvgIpc) is 3.20. The lowest BCUT2D eigenvalue weighted by Gasteiger charge is -2.26. The van der Waals surface area contributed by atoms with Crippen LogP contribution in [0.5, 0.6) is 0 Å². The van der Waals surface area contributed by atoms with E-state index >= 15 is 0 Å². The van der Waals surface area contributed by atoms with E-state index in [0.717, 1.165) is 5.56 Å². The third-order valence-electron chi connectivity index (χ3n) is 5.54. The van der Waals surface area contributed by atoms with Gasteiger partial charge in [-0.25, -0.2) is 9.49 Å². The van der Waals surface area contributed by atoms with E-state index in [1.807, 2.05) is 0 Å². The number of H-pyrrole nitrogens is 1. The molecule has 7 heteroatoms. The zero-order chi connectivity index (χ0) is 19.7. The van der Waals surface area contributed by atoms with Gasteiger partial charge >= 0.3 is 0 Å². The van der Waals surface area contributed by atoms with Crippen LogP contribution in [0.4, 0.5) is 4.39 Å². The van der Waals surface area contributed by atoms with Crippen molar-refractivity contribution in [3.8, 4) is 11.4 Å². The maximum atomic E-state index is 14.2. The van der Waals surface area contributed by atoms with Crippen LogP contribution in [0.15, 0.2) is 35.4 Å². The fourth-order valence-corrected chi connectivity index (χ4v) is 4.35. The Morgan fingerprint density at radius 1 is 1.21 bits per heavy atom. The zero-order valence-corrected chi connectivity index (χ0v) is 17.0. The van der Waals surface area contributed by atoms with Crippen LogP contribution in [-0.4, -0.2) is 25.7 Å². The van der Waals surface area contributed by atoms with E-state index in [1.165, 1.54) is 54.2 Å². The van der Waals surface area contributed by atoms with E-state index in [9.17, 15) is 4.39 Å². The predicted molar refractivity (Wildman–Crippen MR) is 112 cm³/mol. The van der Waals surface area contributed by atoms with Crippen LogP contribution < -0.4 is 0 Å². The van der Waals surface area contributed by atoms with Gasteiger partial charge in [0.1, 0.15) is 5.82 Å². The van der Waals surface area contributed by atoms with Crippen LogP contribution in [-0.2, 0) is 0 Å². The third kappa shape index (κ3) is 3.46. The van der Waals surface area contributed by atoms with Gasteiger partial charge in [0.05, 0.1) is 11.8 Å². The van der Waals surface area contributed by atoms with Crippen molar-refractivity contribution in [3.63, 3.8) is 0 Å². The molecule has 2 heterocycles. The normalized spacial score (nSPS) is 15.5. The van der Waals surface area contributed by atoms with Gasteiger partial charge in [-0.3, -0.25) is 0 Å². The number of nitrogens with one attached hydrogen (secondary N) is 1. The van der Waals surface area contributed by atoms with Crippen molar-refractivity contribution < 1.29 is 4.39 Å². The Morgan fingerprint density at radius 2 is 1.96 bits per heavy atom. The largest absolute Gasteiger partial charge is 0.345 e. The highest BCUT2D eigenvalue weighted by Gasteiger charge is 2.19. The van der Waals surface area contributed by atoms with Crippen molar-refractivity contribution in [2.24, 2.45) is 5.10 Å². The van der Waals surface area contributed by atoms with E-state index in [4.69, 9.17) is 12.2 Å². The molecule has 1 N–H and O–H groups in total. The molecule has 0 aliphatic heterocycles. The SMILES string of the molecule is Cc1cc(/C=N\n2c(-c3ccccc3F)n[nH]c2=S)c(C)n1C1CCCCC1. The molecule has 0 unspecified atom stereocenters. The van der Waals surface area contributed by atoms with E-state index in [2.05, 4.69) is 39.8 Å². The van der Waals surface area contributed by atoms with Gasteiger partial charge in [-0.15, -0.1) is 0 Å². The minimum atomic E-state index is -0.358. The zero-order valence-electron chi connectivity index (χ0n) is 16.2. The number of hydrogen-bond donors (Lipinski definition) is 1. The van der Waals surface area contributed by atoms with Gasteiger partial charge in [-0.1, -0.05) is 31.4 Å². The van der Waals surface area contributed by atoms with Crippen LogP contribution in [0, 0.1) is 24.4 Å². The summed E-state index contributed by atoms with van der Waals surface area (Å²) < 4.78 is 18.4. The van der Waals surface area contributed by atoms with Crippen molar-refractivity contribution in [3.05, 3.63) is 57.9 Å².